The van der Waals surface area contributed by atoms with Crippen LogP contribution in [-0.4, -0.2) is 28.7 Å². The van der Waals surface area contributed by atoms with E-state index in [2.05, 4.69) is 22.2 Å². The predicted octanol–water partition coefficient (Wildman–Crippen LogP) is 1.41. The average molecular weight is 236 g/mol. The number of rotatable bonds is 6. The molecule has 5 heteroatoms. The Hall–Kier alpha value is -1.36. The van der Waals surface area contributed by atoms with E-state index in [1.807, 2.05) is 13.0 Å². The summed E-state index contributed by atoms with van der Waals surface area (Å²) in [5.41, 5.74) is 5.78. The molecule has 1 saturated carbocycles. The number of nitrogens with zero attached hydrogens (tertiary/aromatic N) is 2. The summed E-state index contributed by atoms with van der Waals surface area (Å²) in [6, 6.07) is 1.82. The highest BCUT2D eigenvalue weighted by atomic mass is 16.5. The van der Waals surface area contributed by atoms with E-state index in [1.54, 1.807) is 0 Å². The van der Waals surface area contributed by atoms with Crippen LogP contribution < -0.4 is 15.8 Å². The summed E-state index contributed by atoms with van der Waals surface area (Å²) in [4.78, 5) is 8.25. The third-order valence-corrected chi connectivity index (χ3v) is 3.25. The molecule has 1 unspecified atom stereocenters. The second kappa shape index (κ2) is 4.87. The fraction of sp³-hybridized carbons (Fsp3) is 0.667. The molecule has 0 bridgehead atoms. The molecule has 1 atom stereocenters. The number of ether oxygens (including phenoxy) is 1. The summed E-state index contributed by atoms with van der Waals surface area (Å²) in [5, 5.41) is 3.41. The molecule has 17 heavy (non-hydrogen) atoms. The van der Waals surface area contributed by atoms with Crippen molar-refractivity contribution in [2.75, 3.05) is 18.5 Å². The molecular formula is C12H20N4O. The Labute approximate surface area is 102 Å². The minimum Gasteiger partial charge on any atom is -0.478 e. The normalized spacial score (nSPS) is 18.5. The van der Waals surface area contributed by atoms with Gasteiger partial charge in [-0.15, -0.1) is 0 Å². The quantitative estimate of drug-likeness (QED) is 0.781. The van der Waals surface area contributed by atoms with Crippen LogP contribution in [0.2, 0.25) is 0 Å². The van der Waals surface area contributed by atoms with Crippen molar-refractivity contribution >= 4 is 5.82 Å². The summed E-state index contributed by atoms with van der Waals surface area (Å²) in [6.07, 6.45) is 3.99. The topological polar surface area (TPSA) is 73.1 Å². The van der Waals surface area contributed by atoms with Gasteiger partial charge in [-0.25, -0.2) is 9.97 Å². The second-order valence-electron chi connectivity index (χ2n) is 4.70. The van der Waals surface area contributed by atoms with Crippen LogP contribution in [0.3, 0.4) is 0 Å². The number of hydrogen-bond donors (Lipinski definition) is 2. The van der Waals surface area contributed by atoms with Crippen molar-refractivity contribution < 1.29 is 4.74 Å². The summed E-state index contributed by atoms with van der Waals surface area (Å²) >= 11 is 0. The molecule has 2 rings (SSSR count). The monoisotopic (exact) mass is 236 g/mol. The van der Waals surface area contributed by atoms with Gasteiger partial charge in [0.05, 0.1) is 12.1 Å². The van der Waals surface area contributed by atoms with E-state index < -0.39 is 0 Å². The third-order valence-electron chi connectivity index (χ3n) is 3.25. The Balaban J connectivity index is 2.08. The zero-order valence-electron chi connectivity index (χ0n) is 10.4. The largest absolute Gasteiger partial charge is 0.478 e. The average Bonchev–Trinajstić information content (AvgIpc) is 3.14. The smallest absolute Gasteiger partial charge is 0.218 e. The fourth-order valence-electron chi connectivity index (χ4n) is 1.97. The SMILES string of the molecule is CCOc1cc(NC(C)(CN)C2CC2)ncn1. The van der Waals surface area contributed by atoms with Gasteiger partial charge in [-0.3, -0.25) is 0 Å². The molecule has 0 amide bonds. The van der Waals surface area contributed by atoms with Gasteiger partial charge < -0.3 is 15.8 Å². The predicted molar refractivity (Wildman–Crippen MR) is 67.0 cm³/mol. The maximum atomic E-state index is 5.86. The van der Waals surface area contributed by atoms with Crippen LogP contribution in [-0.2, 0) is 0 Å². The van der Waals surface area contributed by atoms with Crippen molar-refractivity contribution in [2.45, 2.75) is 32.2 Å². The first-order chi connectivity index (χ1) is 8.18. The highest BCUT2D eigenvalue weighted by Gasteiger charge is 2.40. The van der Waals surface area contributed by atoms with E-state index in [-0.39, 0.29) is 5.54 Å². The zero-order chi connectivity index (χ0) is 12.3. The molecule has 1 fully saturated rings. The standard InChI is InChI=1S/C12H20N4O/c1-3-17-11-6-10(14-8-15-11)16-12(2,7-13)9-4-5-9/h6,8-9H,3-5,7,13H2,1-2H3,(H,14,15,16). The van der Waals surface area contributed by atoms with Gasteiger partial charge in [0.15, 0.2) is 0 Å². The number of nitrogens with two attached hydrogens (primary N) is 1. The Morgan fingerprint density at radius 2 is 2.29 bits per heavy atom. The minimum atomic E-state index is -0.0716. The van der Waals surface area contributed by atoms with Gasteiger partial charge in [-0.05, 0) is 32.6 Å². The van der Waals surface area contributed by atoms with Gasteiger partial charge >= 0.3 is 0 Å². The summed E-state index contributed by atoms with van der Waals surface area (Å²) in [5.74, 6) is 2.03. The molecule has 1 heterocycles. The van der Waals surface area contributed by atoms with Crippen molar-refractivity contribution in [1.29, 1.82) is 0 Å². The summed E-state index contributed by atoms with van der Waals surface area (Å²) < 4.78 is 5.35. The molecule has 1 aliphatic rings. The molecule has 0 aromatic carbocycles. The number of anilines is 1. The molecule has 0 aliphatic heterocycles. The van der Waals surface area contributed by atoms with Crippen molar-refractivity contribution in [1.82, 2.24) is 9.97 Å². The minimum absolute atomic E-state index is 0.0716. The Morgan fingerprint density at radius 1 is 1.53 bits per heavy atom. The van der Waals surface area contributed by atoms with Gasteiger partial charge in [-0.2, -0.15) is 0 Å². The fourth-order valence-corrected chi connectivity index (χ4v) is 1.97. The first-order valence-electron chi connectivity index (χ1n) is 6.11. The van der Waals surface area contributed by atoms with E-state index in [0.717, 1.165) is 5.82 Å². The maximum absolute atomic E-state index is 5.86. The summed E-state index contributed by atoms with van der Waals surface area (Å²) in [6.45, 7) is 5.29. The molecular weight excluding hydrogens is 216 g/mol. The third kappa shape index (κ3) is 2.85. The number of nitrogens with one attached hydrogen (secondary N) is 1. The Bertz CT molecular complexity index is 381. The van der Waals surface area contributed by atoms with Gasteiger partial charge in [0.1, 0.15) is 12.1 Å². The van der Waals surface area contributed by atoms with Gasteiger partial charge in [0, 0.05) is 12.6 Å². The van der Waals surface area contributed by atoms with Gasteiger partial charge in [-0.1, -0.05) is 0 Å². The van der Waals surface area contributed by atoms with E-state index in [4.69, 9.17) is 10.5 Å². The lowest BCUT2D eigenvalue weighted by Gasteiger charge is -2.30. The lowest BCUT2D eigenvalue weighted by molar-refractivity contribution is 0.326. The maximum Gasteiger partial charge on any atom is 0.218 e. The van der Waals surface area contributed by atoms with Crippen LogP contribution in [0.25, 0.3) is 0 Å². The molecule has 5 nitrogen and oxygen atoms in total. The van der Waals surface area contributed by atoms with Gasteiger partial charge in [0.2, 0.25) is 5.88 Å². The van der Waals surface area contributed by atoms with E-state index in [0.29, 0.717) is 24.9 Å². The molecule has 1 aliphatic carbocycles. The first kappa shape index (κ1) is 12.1. The van der Waals surface area contributed by atoms with Gasteiger partial charge in [0.25, 0.3) is 0 Å². The van der Waals surface area contributed by atoms with Crippen molar-refractivity contribution in [3.8, 4) is 5.88 Å². The molecule has 1 aromatic rings. The van der Waals surface area contributed by atoms with Crippen LogP contribution in [0.4, 0.5) is 5.82 Å². The Morgan fingerprint density at radius 3 is 2.88 bits per heavy atom. The first-order valence-corrected chi connectivity index (χ1v) is 6.11. The molecule has 0 spiro atoms. The van der Waals surface area contributed by atoms with Crippen molar-refractivity contribution in [3.05, 3.63) is 12.4 Å². The Kier molecular flexibility index (Phi) is 3.47. The second-order valence-corrected chi connectivity index (χ2v) is 4.70. The molecule has 0 saturated heterocycles. The summed E-state index contributed by atoms with van der Waals surface area (Å²) in [7, 11) is 0. The highest BCUT2D eigenvalue weighted by Crippen LogP contribution is 2.40. The van der Waals surface area contributed by atoms with Crippen LogP contribution in [0.15, 0.2) is 12.4 Å². The molecule has 1 aromatic heterocycles. The van der Waals surface area contributed by atoms with Crippen LogP contribution in [0.5, 0.6) is 5.88 Å². The lowest BCUT2D eigenvalue weighted by atomic mass is 9.96. The lowest BCUT2D eigenvalue weighted by Crippen LogP contribution is -2.44. The number of hydrogen-bond acceptors (Lipinski definition) is 5. The molecule has 94 valence electrons. The molecule has 0 radical (unpaired) electrons. The van der Waals surface area contributed by atoms with E-state index in [9.17, 15) is 0 Å². The van der Waals surface area contributed by atoms with E-state index >= 15 is 0 Å². The van der Waals surface area contributed by atoms with Crippen molar-refractivity contribution in [3.63, 3.8) is 0 Å². The van der Waals surface area contributed by atoms with Crippen molar-refractivity contribution in [2.24, 2.45) is 11.7 Å². The zero-order valence-corrected chi connectivity index (χ0v) is 10.4. The van der Waals surface area contributed by atoms with Crippen LogP contribution in [0, 0.1) is 5.92 Å². The number of aromatic nitrogens is 2. The highest BCUT2D eigenvalue weighted by molar-refractivity contribution is 5.41. The molecule has 3 N–H and O–H groups in total. The van der Waals surface area contributed by atoms with Crippen LogP contribution in [0.1, 0.15) is 26.7 Å². The van der Waals surface area contributed by atoms with Crippen LogP contribution >= 0.6 is 0 Å². The van der Waals surface area contributed by atoms with E-state index in [1.165, 1.54) is 19.2 Å².